The van der Waals surface area contributed by atoms with Gasteiger partial charge in [-0.25, -0.2) is 9.97 Å². The average molecular weight is 178 g/mol. The van der Waals surface area contributed by atoms with Gasteiger partial charge in [0.25, 0.3) is 0 Å². The lowest BCUT2D eigenvalue weighted by Crippen LogP contribution is -2.24. The van der Waals surface area contributed by atoms with Crippen LogP contribution in [0, 0.1) is 0 Å². The Kier molecular flexibility index (Phi) is 2.21. The van der Waals surface area contributed by atoms with Gasteiger partial charge in [-0.3, -0.25) is 4.79 Å². The lowest BCUT2D eigenvalue weighted by atomic mass is 9.96. The van der Waals surface area contributed by atoms with Crippen LogP contribution in [-0.2, 0) is 0 Å². The Hall–Kier alpha value is -1.45. The molecule has 1 saturated carbocycles. The van der Waals surface area contributed by atoms with Crippen LogP contribution in [0.1, 0.15) is 29.9 Å². The molecule has 0 atom stereocenters. The lowest BCUT2D eigenvalue weighted by molar-refractivity contribution is 0.111. The molecule has 13 heavy (non-hydrogen) atoms. The fourth-order valence-corrected chi connectivity index (χ4v) is 1.13. The Morgan fingerprint density at radius 2 is 2.08 bits per heavy atom. The predicted octanol–water partition coefficient (Wildman–Crippen LogP) is 1.22. The number of rotatable bonds is 3. The number of hydrogen-bond donors (Lipinski definition) is 0. The molecule has 0 amide bonds. The van der Waals surface area contributed by atoms with Crippen molar-refractivity contribution >= 4 is 6.29 Å². The van der Waals surface area contributed by atoms with E-state index in [1.54, 1.807) is 0 Å². The van der Waals surface area contributed by atoms with E-state index in [4.69, 9.17) is 4.74 Å². The van der Waals surface area contributed by atoms with Crippen molar-refractivity contribution in [1.82, 2.24) is 9.97 Å². The molecule has 1 aliphatic rings. The molecular weight excluding hydrogens is 168 g/mol. The zero-order valence-corrected chi connectivity index (χ0v) is 7.14. The summed E-state index contributed by atoms with van der Waals surface area (Å²) in [4.78, 5) is 17.9. The Balaban J connectivity index is 2.00. The number of hydrogen-bond acceptors (Lipinski definition) is 4. The number of aromatic nitrogens is 2. The van der Waals surface area contributed by atoms with Gasteiger partial charge in [0, 0.05) is 0 Å². The topological polar surface area (TPSA) is 52.1 Å². The van der Waals surface area contributed by atoms with Crippen molar-refractivity contribution in [1.29, 1.82) is 0 Å². The molecule has 0 unspecified atom stereocenters. The summed E-state index contributed by atoms with van der Waals surface area (Å²) in [5, 5.41) is 0. The van der Waals surface area contributed by atoms with Gasteiger partial charge in [-0.05, 0) is 19.3 Å². The van der Waals surface area contributed by atoms with Gasteiger partial charge < -0.3 is 4.74 Å². The first-order valence-electron chi connectivity index (χ1n) is 4.32. The van der Waals surface area contributed by atoms with Crippen LogP contribution in [0.15, 0.2) is 12.4 Å². The van der Waals surface area contributed by atoms with Crippen LogP contribution in [0.25, 0.3) is 0 Å². The molecule has 1 aromatic heterocycles. The third-order valence-electron chi connectivity index (χ3n) is 2.11. The van der Waals surface area contributed by atoms with Crippen molar-refractivity contribution in [2.75, 3.05) is 0 Å². The normalized spacial score (nSPS) is 16.3. The van der Waals surface area contributed by atoms with Gasteiger partial charge in [0.15, 0.2) is 17.9 Å². The van der Waals surface area contributed by atoms with Crippen LogP contribution in [0.3, 0.4) is 0 Å². The molecular formula is C9H10N2O2. The van der Waals surface area contributed by atoms with Gasteiger partial charge in [-0.15, -0.1) is 0 Å². The highest BCUT2D eigenvalue weighted by Crippen LogP contribution is 2.23. The number of carbonyl (C=O) groups is 1. The summed E-state index contributed by atoms with van der Waals surface area (Å²) in [5.41, 5.74) is 0. The van der Waals surface area contributed by atoms with E-state index < -0.39 is 0 Å². The number of ether oxygens (including phenoxy) is 1. The van der Waals surface area contributed by atoms with E-state index in [9.17, 15) is 4.79 Å². The van der Waals surface area contributed by atoms with Gasteiger partial charge in [0.1, 0.15) is 0 Å². The molecule has 4 heteroatoms. The van der Waals surface area contributed by atoms with E-state index in [0.717, 1.165) is 12.8 Å². The van der Waals surface area contributed by atoms with Crippen LogP contribution in [0.5, 0.6) is 5.75 Å². The Labute approximate surface area is 76.0 Å². The van der Waals surface area contributed by atoms with Crippen LogP contribution in [0.2, 0.25) is 0 Å². The number of aldehydes is 1. The van der Waals surface area contributed by atoms with Crippen molar-refractivity contribution in [3.63, 3.8) is 0 Å². The van der Waals surface area contributed by atoms with Gasteiger partial charge in [0.05, 0.1) is 18.5 Å². The Morgan fingerprint density at radius 3 is 2.54 bits per heavy atom. The molecule has 0 aliphatic heterocycles. The van der Waals surface area contributed by atoms with E-state index in [0.29, 0.717) is 18.1 Å². The maximum Gasteiger partial charge on any atom is 0.192 e. The van der Waals surface area contributed by atoms with E-state index >= 15 is 0 Å². The van der Waals surface area contributed by atoms with Gasteiger partial charge >= 0.3 is 0 Å². The molecule has 1 heterocycles. The highest BCUT2D eigenvalue weighted by atomic mass is 16.5. The molecule has 0 saturated heterocycles. The largest absolute Gasteiger partial charge is 0.487 e. The first-order chi connectivity index (χ1) is 6.38. The molecule has 4 nitrogen and oxygen atoms in total. The average Bonchev–Trinajstić information content (AvgIpc) is 2.12. The molecule has 2 rings (SSSR count). The molecule has 0 radical (unpaired) electrons. The highest BCUT2D eigenvalue weighted by molar-refractivity contribution is 5.68. The van der Waals surface area contributed by atoms with Crippen molar-refractivity contribution in [3.8, 4) is 5.75 Å². The van der Waals surface area contributed by atoms with Crippen LogP contribution in [-0.4, -0.2) is 22.4 Å². The van der Waals surface area contributed by atoms with Gasteiger partial charge in [0.2, 0.25) is 0 Å². The third-order valence-corrected chi connectivity index (χ3v) is 2.11. The van der Waals surface area contributed by atoms with Crippen molar-refractivity contribution in [2.24, 2.45) is 0 Å². The van der Waals surface area contributed by atoms with Crippen molar-refractivity contribution < 1.29 is 9.53 Å². The summed E-state index contributed by atoms with van der Waals surface area (Å²) in [5.74, 6) is 0.844. The van der Waals surface area contributed by atoms with E-state index in [1.807, 2.05) is 0 Å². The Morgan fingerprint density at radius 1 is 1.38 bits per heavy atom. The van der Waals surface area contributed by atoms with Crippen LogP contribution < -0.4 is 4.74 Å². The second-order valence-electron chi connectivity index (χ2n) is 3.07. The molecule has 0 aromatic carbocycles. The molecule has 0 N–H and O–H groups in total. The fourth-order valence-electron chi connectivity index (χ4n) is 1.13. The van der Waals surface area contributed by atoms with Crippen LogP contribution >= 0.6 is 0 Å². The lowest BCUT2D eigenvalue weighted by Gasteiger charge is -2.25. The standard InChI is InChI=1S/C9H10N2O2/c12-6-9-10-4-8(5-11-9)13-7-2-1-3-7/h4-7H,1-3H2. The van der Waals surface area contributed by atoms with E-state index in [-0.39, 0.29) is 5.82 Å². The maximum absolute atomic E-state index is 10.2. The molecule has 68 valence electrons. The van der Waals surface area contributed by atoms with Gasteiger partial charge in [-0.1, -0.05) is 0 Å². The number of nitrogens with zero attached hydrogens (tertiary/aromatic N) is 2. The summed E-state index contributed by atoms with van der Waals surface area (Å²) < 4.78 is 5.51. The smallest absolute Gasteiger partial charge is 0.192 e. The highest BCUT2D eigenvalue weighted by Gasteiger charge is 2.19. The monoisotopic (exact) mass is 178 g/mol. The second-order valence-corrected chi connectivity index (χ2v) is 3.07. The fraction of sp³-hybridized carbons (Fsp3) is 0.444. The minimum absolute atomic E-state index is 0.195. The summed E-state index contributed by atoms with van der Waals surface area (Å²) in [6.45, 7) is 0. The predicted molar refractivity (Wildman–Crippen MR) is 45.7 cm³/mol. The molecule has 0 spiro atoms. The quantitative estimate of drug-likeness (QED) is 0.653. The molecule has 1 fully saturated rings. The zero-order chi connectivity index (χ0) is 9.10. The third kappa shape index (κ3) is 1.83. The minimum Gasteiger partial charge on any atom is -0.487 e. The SMILES string of the molecule is O=Cc1ncc(OC2CCC2)cn1. The Bertz CT molecular complexity index is 293. The van der Waals surface area contributed by atoms with Crippen molar-refractivity contribution in [2.45, 2.75) is 25.4 Å². The van der Waals surface area contributed by atoms with Gasteiger partial charge in [-0.2, -0.15) is 0 Å². The summed E-state index contributed by atoms with van der Waals surface area (Å²) in [6, 6.07) is 0. The summed E-state index contributed by atoms with van der Waals surface area (Å²) in [6.07, 6.45) is 7.46. The zero-order valence-electron chi connectivity index (χ0n) is 7.14. The summed E-state index contributed by atoms with van der Waals surface area (Å²) >= 11 is 0. The molecule has 1 aliphatic carbocycles. The second kappa shape index (κ2) is 3.51. The summed E-state index contributed by atoms with van der Waals surface area (Å²) in [7, 11) is 0. The van der Waals surface area contributed by atoms with Crippen LogP contribution in [0.4, 0.5) is 0 Å². The molecule has 0 bridgehead atoms. The van der Waals surface area contributed by atoms with E-state index in [1.165, 1.54) is 18.8 Å². The maximum atomic E-state index is 10.2. The first-order valence-corrected chi connectivity index (χ1v) is 4.32. The minimum atomic E-state index is 0.195. The van der Waals surface area contributed by atoms with E-state index in [2.05, 4.69) is 9.97 Å². The first kappa shape index (κ1) is 8.16. The number of carbonyl (C=O) groups excluding carboxylic acids is 1. The van der Waals surface area contributed by atoms with Crippen molar-refractivity contribution in [3.05, 3.63) is 18.2 Å². The molecule has 1 aromatic rings.